The van der Waals surface area contributed by atoms with Crippen LogP contribution in [0, 0.1) is 11.2 Å². The number of halogens is 1. The summed E-state index contributed by atoms with van der Waals surface area (Å²) in [5.74, 6) is 0.390. The molecule has 0 spiro atoms. The van der Waals surface area contributed by atoms with E-state index in [2.05, 4.69) is 37.3 Å². The molecule has 2 aromatic carbocycles. The van der Waals surface area contributed by atoms with Gasteiger partial charge in [0.25, 0.3) is 0 Å². The van der Waals surface area contributed by atoms with Crippen molar-refractivity contribution in [2.45, 2.75) is 13.0 Å². The second-order valence-corrected chi connectivity index (χ2v) is 8.92. The van der Waals surface area contributed by atoms with Gasteiger partial charge in [-0.15, -0.1) is 0 Å². The van der Waals surface area contributed by atoms with Gasteiger partial charge in [0.1, 0.15) is 41.9 Å². The van der Waals surface area contributed by atoms with Crippen LogP contribution in [0.2, 0.25) is 0 Å². The van der Waals surface area contributed by atoms with Gasteiger partial charge in [0.2, 0.25) is 11.3 Å². The predicted octanol–water partition coefficient (Wildman–Crippen LogP) is 5.21. The molecule has 4 rings (SSSR count). The van der Waals surface area contributed by atoms with Crippen molar-refractivity contribution >= 4 is 41.2 Å². The maximum Gasteiger partial charge on any atom is 0.223 e. The van der Waals surface area contributed by atoms with Crippen LogP contribution in [-0.2, 0) is 9.47 Å². The Morgan fingerprint density at radius 1 is 1.19 bits per heavy atom. The van der Waals surface area contributed by atoms with Crippen molar-refractivity contribution in [3.05, 3.63) is 93.7 Å². The number of aromatic nitrogens is 2. The number of anilines is 2. The first-order valence-corrected chi connectivity index (χ1v) is 12.8. The van der Waals surface area contributed by atoms with Crippen LogP contribution in [0.5, 0.6) is 0 Å². The van der Waals surface area contributed by atoms with Gasteiger partial charge in [-0.25, -0.2) is 19.4 Å². The van der Waals surface area contributed by atoms with Gasteiger partial charge < -0.3 is 24.5 Å². The van der Waals surface area contributed by atoms with Gasteiger partial charge >= 0.3 is 0 Å². The number of ether oxygens (including phenoxy) is 2. The molecule has 0 amide bonds. The van der Waals surface area contributed by atoms with Crippen LogP contribution in [0.15, 0.2) is 85.5 Å². The number of rotatable bonds is 12. The van der Waals surface area contributed by atoms with Crippen LogP contribution in [0.25, 0.3) is 22.1 Å². The molecule has 3 N–H and O–H groups in total. The number of aliphatic imine (C=N–C) groups is 2. The number of nitrogens with zero attached hydrogens (tertiary/aromatic N) is 4. The molecule has 216 valence electrons. The molecule has 0 saturated carbocycles. The van der Waals surface area contributed by atoms with Crippen molar-refractivity contribution in [3.63, 3.8) is 0 Å². The molecule has 0 aliphatic carbocycles. The maximum absolute atomic E-state index is 14.3. The Bertz CT molecular complexity index is 1750. The summed E-state index contributed by atoms with van der Waals surface area (Å²) < 4.78 is 30.9. The minimum Gasteiger partial charge on any atom is -0.480 e. The Kier molecular flexibility index (Phi) is 9.50. The molecular formula is C30H30FN7O4. The highest BCUT2D eigenvalue weighted by Crippen LogP contribution is 2.33. The number of para-hydroxylation sites is 1. The van der Waals surface area contributed by atoms with Gasteiger partial charge in [0.15, 0.2) is 0 Å². The topological polar surface area (TPSA) is 147 Å². The SMILES string of the molecule is C=N/C(OC)=C(\C=N/COC)C(=N)c1c(NC)ncnc1NC(C)c1oc2ccccc2c(=O)c1-c1cccc(F)c1. The summed E-state index contributed by atoms with van der Waals surface area (Å²) in [6, 6.07) is 11.9. The van der Waals surface area contributed by atoms with Crippen LogP contribution >= 0.6 is 0 Å². The lowest BCUT2D eigenvalue weighted by Gasteiger charge is -2.21. The first-order valence-electron chi connectivity index (χ1n) is 12.8. The van der Waals surface area contributed by atoms with E-state index in [-0.39, 0.29) is 52.0 Å². The Morgan fingerprint density at radius 3 is 2.64 bits per heavy atom. The zero-order valence-corrected chi connectivity index (χ0v) is 23.6. The molecule has 12 heteroatoms. The van der Waals surface area contributed by atoms with E-state index in [9.17, 15) is 9.18 Å². The van der Waals surface area contributed by atoms with E-state index in [1.54, 1.807) is 44.3 Å². The molecule has 0 aliphatic rings. The zero-order valence-electron chi connectivity index (χ0n) is 23.6. The smallest absolute Gasteiger partial charge is 0.223 e. The van der Waals surface area contributed by atoms with E-state index in [1.165, 1.54) is 45.0 Å². The molecule has 1 atom stereocenters. The van der Waals surface area contributed by atoms with Crippen molar-refractivity contribution in [1.82, 2.24) is 9.97 Å². The first kappa shape index (κ1) is 29.7. The van der Waals surface area contributed by atoms with Crippen molar-refractivity contribution in [2.24, 2.45) is 9.98 Å². The molecule has 0 radical (unpaired) electrons. The summed E-state index contributed by atoms with van der Waals surface area (Å²) in [5, 5.41) is 15.7. The van der Waals surface area contributed by atoms with Crippen molar-refractivity contribution < 1.29 is 18.3 Å². The summed E-state index contributed by atoms with van der Waals surface area (Å²) in [6.45, 7) is 5.35. The highest BCUT2D eigenvalue weighted by molar-refractivity contribution is 6.26. The highest BCUT2D eigenvalue weighted by atomic mass is 19.1. The third-order valence-electron chi connectivity index (χ3n) is 6.28. The number of benzene rings is 2. The molecule has 42 heavy (non-hydrogen) atoms. The second kappa shape index (κ2) is 13.4. The third kappa shape index (κ3) is 6.08. The van der Waals surface area contributed by atoms with Gasteiger partial charge in [0, 0.05) is 20.4 Å². The van der Waals surface area contributed by atoms with E-state index >= 15 is 0 Å². The molecule has 0 saturated heterocycles. The first-order chi connectivity index (χ1) is 20.3. The number of allylic oxidation sites excluding steroid dienone is 1. The Balaban J connectivity index is 1.88. The average Bonchev–Trinajstić information content (AvgIpc) is 3.00. The number of hydrogen-bond donors (Lipinski definition) is 3. The predicted molar refractivity (Wildman–Crippen MR) is 162 cm³/mol. The van der Waals surface area contributed by atoms with Crippen LogP contribution in [0.1, 0.15) is 24.3 Å². The van der Waals surface area contributed by atoms with E-state index in [4.69, 9.17) is 19.3 Å². The van der Waals surface area contributed by atoms with Crippen molar-refractivity contribution in [3.8, 4) is 11.1 Å². The number of fused-ring (bicyclic) bond motifs is 1. The summed E-state index contributed by atoms with van der Waals surface area (Å²) >= 11 is 0. The van der Waals surface area contributed by atoms with E-state index in [1.807, 2.05) is 0 Å². The van der Waals surface area contributed by atoms with Crippen LogP contribution in [0.4, 0.5) is 16.0 Å². The van der Waals surface area contributed by atoms with Crippen LogP contribution in [0.3, 0.4) is 0 Å². The fraction of sp³-hybridized carbons (Fsp3) is 0.200. The lowest BCUT2D eigenvalue weighted by molar-refractivity contribution is 0.209. The van der Waals surface area contributed by atoms with E-state index < -0.39 is 11.9 Å². The molecule has 4 aromatic rings. The normalized spacial score (nSPS) is 12.6. The summed E-state index contributed by atoms with van der Waals surface area (Å²) in [6.07, 6.45) is 2.72. The number of nitrogens with one attached hydrogen (secondary N) is 3. The average molecular weight is 572 g/mol. The van der Waals surface area contributed by atoms with Gasteiger partial charge in [-0.1, -0.05) is 24.3 Å². The molecular weight excluding hydrogens is 541 g/mol. The minimum atomic E-state index is -0.680. The van der Waals surface area contributed by atoms with Crippen molar-refractivity contribution in [2.75, 3.05) is 38.6 Å². The van der Waals surface area contributed by atoms with Crippen molar-refractivity contribution in [1.29, 1.82) is 5.41 Å². The lowest BCUT2D eigenvalue weighted by atomic mass is 9.98. The maximum atomic E-state index is 14.3. The zero-order chi connectivity index (χ0) is 30.2. The minimum absolute atomic E-state index is 0.0427. The van der Waals surface area contributed by atoms with Crippen LogP contribution < -0.4 is 16.1 Å². The van der Waals surface area contributed by atoms with E-state index in [0.717, 1.165) is 0 Å². The molecule has 0 aliphatic heterocycles. The standard InChI is InChI=1S/C30H30FN7O4/c1-17(27-23(18-9-8-10-19(31)13-18)26(39)20-11-6-7-12-22(20)42-27)38-29-24(28(33-2)36-15-37-29)25(32)21(14-35-16-40-4)30(34-3)41-5/h6-15,17,32H,3,16H2,1-2,4-5H3,(H2,33,36,37,38)/b30-21-,32-25?,35-14-. The fourth-order valence-electron chi connectivity index (χ4n) is 4.40. The van der Waals surface area contributed by atoms with Gasteiger partial charge in [-0.2, -0.15) is 0 Å². The Morgan fingerprint density at radius 2 is 1.95 bits per heavy atom. The van der Waals surface area contributed by atoms with Gasteiger partial charge in [-0.3, -0.25) is 15.2 Å². The summed E-state index contributed by atoms with van der Waals surface area (Å²) in [7, 11) is 4.55. The quantitative estimate of drug-likeness (QED) is 0.155. The Labute approximate surface area is 241 Å². The lowest BCUT2D eigenvalue weighted by Crippen LogP contribution is -2.20. The van der Waals surface area contributed by atoms with Crippen LogP contribution in [-0.4, -0.2) is 56.6 Å². The largest absolute Gasteiger partial charge is 0.480 e. The Hall–Kier alpha value is -5.23. The molecule has 11 nitrogen and oxygen atoms in total. The highest BCUT2D eigenvalue weighted by Gasteiger charge is 2.26. The van der Waals surface area contributed by atoms with E-state index in [0.29, 0.717) is 22.4 Å². The molecule has 0 fully saturated rings. The fourth-order valence-corrected chi connectivity index (χ4v) is 4.40. The van der Waals surface area contributed by atoms with Gasteiger partial charge in [-0.05, 0) is 43.5 Å². The second-order valence-electron chi connectivity index (χ2n) is 8.92. The third-order valence-corrected chi connectivity index (χ3v) is 6.28. The number of hydrogen-bond acceptors (Lipinski definition) is 11. The molecule has 0 bridgehead atoms. The summed E-state index contributed by atoms with van der Waals surface area (Å²) in [4.78, 5) is 30.4. The molecule has 2 aromatic heterocycles. The summed E-state index contributed by atoms with van der Waals surface area (Å²) in [5.41, 5.74) is 1.02. The molecule has 2 heterocycles. The monoisotopic (exact) mass is 571 g/mol. The van der Waals surface area contributed by atoms with Gasteiger partial charge in [0.05, 0.1) is 40.9 Å². The number of methoxy groups -OCH3 is 2. The molecule has 1 unspecified atom stereocenters.